The molecular weight excluding hydrogens is 349 g/mol. The third-order valence-electron chi connectivity index (χ3n) is 3.81. The van der Waals surface area contributed by atoms with Crippen molar-refractivity contribution >= 4 is 27.5 Å². The second-order valence-corrected chi connectivity index (χ2v) is 6.03. The van der Waals surface area contributed by atoms with Crippen molar-refractivity contribution < 1.29 is 13.9 Å². The first-order chi connectivity index (χ1) is 10.6. The molecule has 0 saturated carbocycles. The molecule has 3 nitrogen and oxygen atoms in total. The summed E-state index contributed by atoms with van der Waals surface area (Å²) in [6.07, 6.45) is 1.81. The number of carbonyl (C=O) groups excluding carboxylic acids is 1. The maximum Gasteiger partial charge on any atom is 0.259 e. The number of nitrogens with zero attached hydrogens (tertiary/aromatic N) is 1. The molecule has 0 bridgehead atoms. The molecule has 0 aromatic heterocycles. The first-order valence-corrected chi connectivity index (χ1v) is 7.83. The van der Waals surface area contributed by atoms with E-state index in [-0.39, 0.29) is 11.7 Å². The van der Waals surface area contributed by atoms with Crippen LogP contribution < -0.4 is 9.64 Å². The molecule has 0 N–H and O–H groups in total. The molecule has 0 spiro atoms. The Labute approximate surface area is 136 Å². The smallest absolute Gasteiger partial charge is 0.259 e. The van der Waals surface area contributed by atoms with Gasteiger partial charge < -0.3 is 9.64 Å². The summed E-state index contributed by atoms with van der Waals surface area (Å²) in [5, 5.41) is 0. The van der Waals surface area contributed by atoms with Crippen molar-refractivity contribution in [2.75, 3.05) is 18.6 Å². The minimum atomic E-state index is -0.368. The van der Waals surface area contributed by atoms with Crippen molar-refractivity contribution in [3.8, 4) is 5.75 Å². The molecule has 1 aliphatic rings. The Morgan fingerprint density at radius 2 is 2.09 bits per heavy atom. The van der Waals surface area contributed by atoms with Crippen LogP contribution in [0.3, 0.4) is 0 Å². The number of halogens is 2. The predicted octanol–water partition coefficient (Wildman–Crippen LogP) is 4.19. The first kappa shape index (κ1) is 15.0. The fourth-order valence-electron chi connectivity index (χ4n) is 2.72. The quantitative estimate of drug-likeness (QED) is 0.800. The molecule has 1 amide bonds. The summed E-state index contributed by atoms with van der Waals surface area (Å²) in [4.78, 5) is 14.5. The number of ether oxygens (including phenoxy) is 1. The third-order valence-corrected chi connectivity index (χ3v) is 4.47. The molecule has 22 heavy (non-hydrogen) atoms. The molecule has 0 aliphatic carbocycles. The lowest BCUT2D eigenvalue weighted by molar-refractivity contribution is 0.0984. The van der Waals surface area contributed by atoms with Gasteiger partial charge >= 0.3 is 0 Å². The van der Waals surface area contributed by atoms with E-state index in [1.54, 1.807) is 12.0 Å². The summed E-state index contributed by atoms with van der Waals surface area (Å²) in [5.41, 5.74) is 2.45. The largest absolute Gasteiger partial charge is 0.497 e. The van der Waals surface area contributed by atoms with Crippen LogP contribution in [0.5, 0.6) is 5.75 Å². The molecule has 0 fully saturated rings. The Bertz CT molecular complexity index is 733. The van der Waals surface area contributed by atoms with Gasteiger partial charge in [0.05, 0.1) is 12.7 Å². The molecule has 1 heterocycles. The van der Waals surface area contributed by atoms with E-state index >= 15 is 0 Å². The highest BCUT2D eigenvalue weighted by Gasteiger charge is 2.25. The van der Waals surface area contributed by atoms with Gasteiger partial charge in [-0.15, -0.1) is 0 Å². The minimum absolute atomic E-state index is 0.127. The van der Waals surface area contributed by atoms with Gasteiger partial charge in [-0.25, -0.2) is 4.39 Å². The number of hydrogen-bond acceptors (Lipinski definition) is 2. The van der Waals surface area contributed by atoms with Crippen LogP contribution in [0.15, 0.2) is 40.9 Å². The second-order valence-electron chi connectivity index (χ2n) is 5.18. The van der Waals surface area contributed by atoms with E-state index in [1.807, 2.05) is 18.2 Å². The third kappa shape index (κ3) is 2.73. The molecule has 5 heteroatoms. The number of methoxy groups -OCH3 is 1. The lowest BCUT2D eigenvalue weighted by Gasteiger charge is -2.30. The summed E-state index contributed by atoms with van der Waals surface area (Å²) in [7, 11) is 1.63. The highest BCUT2D eigenvalue weighted by atomic mass is 79.9. The standard InChI is InChI=1S/C17H15BrFNO2/c1-22-13-5-7-16-11(9-13)3-2-8-20(16)17(21)14-6-4-12(19)10-15(14)18/h4-7,9-10H,2-3,8H2,1H3. The normalized spacial score (nSPS) is 13.7. The summed E-state index contributed by atoms with van der Waals surface area (Å²) >= 11 is 3.27. The van der Waals surface area contributed by atoms with Crippen molar-refractivity contribution in [3.63, 3.8) is 0 Å². The molecule has 0 unspecified atom stereocenters. The van der Waals surface area contributed by atoms with Crippen LogP contribution >= 0.6 is 15.9 Å². The van der Waals surface area contributed by atoms with Gasteiger partial charge in [0.15, 0.2) is 0 Å². The zero-order valence-electron chi connectivity index (χ0n) is 12.1. The Kier molecular flexibility index (Phi) is 4.16. The summed E-state index contributed by atoms with van der Waals surface area (Å²) in [6, 6.07) is 9.85. The molecule has 0 atom stereocenters. The predicted molar refractivity (Wildman–Crippen MR) is 87.1 cm³/mol. The number of fused-ring (bicyclic) bond motifs is 1. The molecule has 0 radical (unpaired) electrons. The van der Waals surface area contributed by atoms with Crippen LogP contribution in [0.25, 0.3) is 0 Å². The van der Waals surface area contributed by atoms with Gasteiger partial charge in [-0.1, -0.05) is 0 Å². The topological polar surface area (TPSA) is 29.5 Å². The summed E-state index contributed by atoms with van der Waals surface area (Å²) in [5.74, 6) is 0.293. The lowest BCUT2D eigenvalue weighted by Crippen LogP contribution is -2.35. The number of amides is 1. The van der Waals surface area contributed by atoms with Crippen molar-refractivity contribution in [1.82, 2.24) is 0 Å². The number of benzene rings is 2. The van der Waals surface area contributed by atoms with E-state index in [0.29, 0.717) is 16.6 Å². The number of hydrogen-bond donors (Lipinski definition) is 0. The van der Waals surface area contributed by atoms with Crippen molar-refractivity contribution in [2.45, 2.75) is 12.8 Å². The van der Waals surface area contributed by atoms with Gasteiger partial charge in [-0.3, -0.25) is 4.79 Å². The molecule has 2 aromatic rings. The van der Waals surface area contributed by atoms with Crippen molar-refractivity contribution in [2.24, 2.45) is 0 Å². The van der Waals surface area contributed by atoms with Crippen LogP contribution in [0.4, 0.5) is 10.1 Å². The van der Waals surface area contributed by atoms with Gasteiger partial charge in [0.25, 0.3) is 5.91 Å². The Balaban J connectivity index is 1.98. The van der Waals surface area contributed by atoms with Crippen molar-refractivity contribution in [1.29, 1.82) is 0 Å². The zero-order valence-corrected chi connectivity index (χ0v) is 13.7. The van der Waals surface area contributed by atoms with E-state index in [9.17, 15) is 9.18 Å². The maximum absolute atomic E-state index is 13.2. The molecule has 0 saturated heterocycles. The van der Waals surface area contributed by atoms with Gasteiger partial charge in [0, 0.05) is 16.7 Å². The number of rotatable bonds is 2. The SMILES string of the molecule is COc1ccc2c(c1)CCCN2C(=O)c1ccc(F)cc1Br. The second kappa shape index (κ2) is 6.08. The van der Waals surface area contributed by atoms with Crippen LogP contribution in [-0.2, 0) is 6.42 Å². The minimum Gasteiger partial charge on any atom is -0.497 e. The fraction of sp³-hybridized carbons (Fsp3) is 0.235. The fourth-order valence-corrected chi connectivity index (χ4v) is 3.24. The van der Waals surface area contributed by atoms with Crippen molar-refractivity contribution in [3.05, 3.63) is 57.8 Å². The molecule has 114 valence electrons. The average molecular weight is 364 g/mol. The number of anilines is 1. The molecular formula is C17H15BrFNO2. The van der Waals surface area contributed by atoms with Gasteiger partial charge in [-0.05, 0) is 70.7 Å². The monoisotopic (exact) mass is 363 g/mol. The Morgan fingerprint density at radius 1 is 1.27 bits per heavy atom. The van der Waals surface area contributed by atoms with Gasteiger partial charge in [0.2, 0.25) is 0 Å². The van der Waals surface area contributed by atoms with E-state index in [4.69, 9.17) is 4.74 Å². The molecule has 2 aromatic carbocycles. The average Bonchev–Trinajstić information content (AvgIpc) is 2.53. The highest BCUT2D eigenvalue weighted by Crippen LogP contribution is 2.32. The van der Waals surface area contributed by atoms with E-state index in [0.717, 1.165) is 29.8 Å². The number of carbonyl (C=O) groups is 1. The maximum atomic E-state index is 13.2. The Morgan fingerprint density at radius 3 is 2.82 bits per heavy atom. The van der Waals surface area contributed by atoms with Gasteiger partial charge in [-0.2, -0.15) is 0 Å². The van der Waals surface area contributed by atoms with Crippen LogP contribution in [-0.4, -0.2) is 19.6 Å². The molecule has 1 aliphatic heterocycles. The summed E-state index contributed by atoms with van der Waals surface area (Å²) < 4.78 is 18.9. The highest BCUT2D eigenvalue weighted by molar-refractivity contribution is 9.10. The lowest BCUT2D eigenvalue weighted by atomic mass is 10.0. The van der Waals surface area contributed by atoms with Crippen LogP contribution in [0.1, 0.15) is 22.3 Å². The first-order valence-electron chi connectivity index (χ1n) is 7.04. The van der Waals surface area contributed by atoms with E-state index < -0.39 is 0 Å². The number of aryl methyl sites for hydroxylation is 1. The molecule has 3 rings (SSSR count). The van der Waals surface area contributed by atoms with E-state index in [1.165, 1.54) is 18.2 Å². The summed E-state index contributed by atoms with van der Waals surface area (Å²) in [6.45, 7) is 0.655. The van der Waals surface area contributed by atoms with Gasteiger partial charge in [0.1, 0.15) is 11.6 Å². The zero-order chi connectivity index (χ0) is 15.7. The van der Waals surface area contributed by atoms with Crippen LogP contribution in [0.2, 0.25) is 0 Å². The van der Waals surface area contributed by atoms with E-state index in [2.05, 4.69) is 15.9 Å². The van der Waals surface area contributed by atoms with Crippen LogP contribution in [0, 0.1) is 5.82 Å². The Hall–Kier alpha value is -1.88.